The minimum atomic E-state index is 0.540. The molecule has 6 heteroatoms. The predicted octanol–water partition coefficient (Wildman–Crippen LogP) is 6.10. The molecule has 0 atom stereocenters. The maximum Gasteiger partial charge on any atom is 0.215 e. The van der Waals surface area contributed by atoms with Gasteiger partial charge in [0.15, 0.2) is 11.6 Å². The van der Waals surface area contributed by atoms with Crippen LogP contribution in [0.5, 0.6) is 5.88 Å². The van der Waals surface area contributed by atoms with Crippen molar-refractivity contribution < 1.29 is 4.74 Å². The molecule has 0 amide bonds. The van der Waals surface area contributed by atoms with Gasteiger partial charge in [-0.15, -0.1) is 10.2 Å². The molecule has 0 unspecified atom stereocenters. The molecule has 0 radical (unpaired) electrons. The number of rotatable bonds is 2. The highest BCUT2D eigenvalue weighted by molar-refractivity contribution is 6.32. The van der Waals surface area contributed by atoms with E-state index in [1.165, 1.54) is 11.1 Å². The number of allylic oxidation sites excluding steroid dienone is 2. The number of halogens is 1. The highest BCUT2D eigenvalue weighted by Crippen LogP contribution is 2.46. The van der Waals surface area contributed by atoms with E-state index in [4.69, 9.17) is 16.3 Å². The van der Waals surface area contributed by atoms with E-state index in [0.29, 0.717) is 22.4 Å². The van der Waals surface area contributed by atoms with Crippen LogP contribution >= 0.6 is 11.6 Å². The van der Waals surface area contributed by atoms with Crippen LogP contribution < -0.4 is 9.64 Å². The van der Waals surface area contributed by atoms with Crippen molar-refractivity contribution in [1.82, 2.24) is 4.98 Å². The lowest BCUT2D eigenvalue weighted by Crippen LogP contribution is -2.24. The lowest BCUT2D eigenvalue weighted by molar-refractivity contribution is 0.398. The number of azo groups is 1. The number of hydrogen-bond donors (Lipinski definition) is 0. The summed E-state index contributed by atoms with van der Waals surface area (Å²) in [6, 6.07) is 11.5. The van der Waals surface area contributed by atoms with Crippen LogP contribution in [0.4, 0.5) is 11.5 Å². The van der Waals surface area contributed by atoms with Crippen molar-refractivity contribution >= 4 is 28.8 Å². The van der Waals surface area contributed by atoms with Gasteiger partial charge in [0.2, 0.25) is 5.88 Å². The Morgan fingerprint density at radius 2 is 1.77 bits per heavy atom. The Bertz CT molecular complexity index is 978. The molecular formula is C20H19ClN4O. The second-order valence-corrected chi connectivity index (χ2v) is 6.85. The summed E-state index contributed by atoms with van der Waals surface area (Å²) >= 11 is 6.55. The molecule has 132 valence electrons. The Hall–Kier alpha value is -2.66. The minimum Gasteiger partial charge on any atom is -0.481 e. The first-order valence-corrected chi connectivity index (χ1v) is 8.89. The predicted molar refractivity (Wildman–Crippen MR) is 104 cm³/mol. The van der Waals surface area contributed by atoms with Crippen LogP contribution in [0.2, 0.25) is 5.02 Å². The highest BCUT2D eigenvalue weighted by atomic mass is 35.5. The van der Waals surface area contributed by atoms with Gasteiger partial charge < -0.3 is 4.74 Å². The van der Waals surface area contributed by atoms with Crippen LogP contribution in [-0.4, -0.2) is 12.1 Å². The molecule has 0 fully saturated rings. The summed E-state index contributed by atoms with van der Waals surface area (Å²) in [6.45, 7) is 4.23. The third-order valence-corrected chi connectivity index (χ3v) is 5.06. The second kappa shape index (κ2) is 6.57. The van der Waals surface area contributed by atoms with E-state index in [2.05, 4.69) is 34.0 Å². The summed E-state index contributed by atoms with van der Waals surface area (Å²) in [6.07, 6.45) is 1.85. The third kappa shape index (κ3) is 2.69. The van der Waals surface area contributed by atoms with Crippen molar-refractivity contribution in [1.29, 1.82) is 0 Å². The Balaban J connectivity index is 2.01. The van der Waals surface area contributed by atoms with Gasteiger partial charge in [0.05, 0.1) is 12.8 Å². The summed E-state index contributed by atoms with van der Waals surface area (Å²) in [4.78, 5) is 6.74. The zero-order chi connectivity index (χ0) is 18.3. The van der Waals surface area contributed by atoms with Gasteiger partial charge in [0.1, 0.15) is 5.69 Å². The number of nitrogens with zero attached hydrogens (tertiary/aromatic N) is 4. The number of ether oxygens (including phenoxy) is 1. The fourth-order valence-electron chi connectivity index (χ4n) is 3.31. The van der Waals surface area contributed by atoms with Gasteiger partial charge in [-0.1, -0.05) is 29.8 Å². The number of methoxy groups -OCH3 is 1. The normalized spacial score (nSPS) is 16.4. The maximum absolute atomic E-state index is 6.55. The largest absolute Gasteiger partial charge is 0.481 e. The topological polar surface area (TPSA) is 50.1 Å². The molecule has 3 heterocycles. The molecule has 1 aromatic heterocycles. The standard InChI is InChI=1S/C20H19ClN4O/c1-12-8-9-13(2)19-24-23-16-10-11-17(26-3)22-20(16)25(19)18(12)14-6-4-5-7-15(14)21/h4-7,10-11H,8-9H2,1-3H3. The fourth-order valence-corrected chi connectivity index (χ4v) is 3.54. The van der Waals surface area contributed by atoms with Crippen molar-refractivity contribution in [2.75, 3.05) is 12.0 Å². The van der Waals surface area contributed by atoms with Gasteiger partial charge in [0.25, 0.3) is 0 Å². The lowest BCUT2D eigenvalue weighted by Gasteiger charge is -2.31. The van der Waals surface area contributed by atoms with Crippen molar-refractivity contribution in [2.24, 2.45) is 10.2 Å². The molecule has 4 rings (SSSR count). The number of pyridine rings is 1. The average Bonchev–Trinajstić information content (AvgIpc) is 2.79. The van der Waals surface area contributed by atoms with E-state index in [1.807, 2.05) is 30.3 Å². The first-order chi connectivity index (χ1) is 12.6. The van der Waals surface area contributed by atoms with Crippen molar-refractivity contribution in [3.05, 3.63) is 64.0 Å². The first kappa shape index (κ1) is 16.8. The molecule has 0 spiro atoms. The highest BCUT2D eigenvalue weighted by Gasteiger charge is 2.31. The Morgan fingerprint density at radius 3 is 2.54 bits per heavy atom. The number of benzene rings is 1. The molecule has 0 saturated carbocycles. The van der Waals surface area contributed by atoms with Crippen LogP contribution in [0, 0.1) is 0 Å². The van der Waals surface area contributed by atoms with Gasteiger partial charge >= 0.3 is 0 Å². The first-order valence-electron chi connectivity index (χ1n) is 8.51. The summed E-state index contributed by atoms with van der Waals surface area (Å²) in [5.41, 5.74) is 5.10. The number of anilines is 1. The lowest BCUT2D eigenvalue weighted by atomic mass is 10.0. The molecule has 2 aliphatic rings. The van der Waals surface area contributed by atoms with Gasteiger partial charge in [-0.2, -0.15) is 4.98 Å². The monoisotopic (exact) mass is 366 g/mol. The molecule has 0 saturated heterocycles. The zero-order valence-corrected chi connectivity index (χ0v) is 15.7. The maximum atomic E-state index is 6.55. The van der Waals surface area contributed by atoms with Crippen LogP contribution in [0.15, 0.2) is 63.6 Å². The molecule has 2 aliphatic heterocycles. The van der Waals surface area contributed by atoms with Gasteiger partial charge in [0, 0.05) is 16.7 Å². The van der Waals surface area contributed by atoms with Crippen LogP contribution in [0.25, 0.3) is 5.70 Å². The fraction of sp³-hybridized carbons (Fsp3) is 0.250. The summed E-state index contributed by atoms with van der Waals surface area (Å²) in [5.74, 6) is 2.06. The molecule has 5 nitrogen and oxygen atoms in total. The number of aromatic nitrogens is 1. The van der Waals surface area contributed by atoms with E-state index in [-0.39, 0.29) is 0 Å². The third-order valence-electron chi connectivity index (χ3n) is 4.73. The Morgan fingerprint density at radius 1 is 1.00 bits per heavy atom. The van der Waals surface area contributed by atoms with Crippen molar-refractivity contribution in [3.63, 3.8) is 0 Å². The molecule has 1 aromatic carbocycles. The molecule has 0 bridgehead atoms. The number of fused-ring (bicyclic) bond motifs is 3. The SMILES string of the molecule is COc1ccc2c(n1)N1C(=C(C)CCC(C)=C1c1ccccc1Cl)N=N2. The van der Waals surface area contributed by atoms with Crippen LogP contribution in [-0.2, 0) is 0 Å². The quantitative estimate of drug-likeness (QED) is 0.644. The molecule has 0 aliphatic carbocycles. The van der Waals surface area contributed by atoms with E-state index in [1.54, 1.807) is 13.2 Å². The Kier molecular flexibility index (Phi) is 4.24. The average molecular weight is 367 g/mol. The van der Waals surface area contributed by atoms with E-state index < -0.39 is 0 Å². The Labute approximate surface area is 157 Å². The molecule has 26 heavy (non-hydrogen) atoms. The van der Waals surface area contributed by atoms with Gasteiger partial charge in [-0.3, -0.25) is 4.90 Å². The van der Waals surface area contributed by atoms with Crippen LogP contribution in [0.1, 0.15) is 32.3 Å². The summed E-state index contributed by atoms with van der Waals surface area (Å²) < 4.78 is 5.34. The minimum absolute atomic E-state index is 0.540. The second-order valence-electron chi connectivity index (χ2n) is 6.44. The number of hydrogen-bond acceptors (Lipinski definition) is 5. The molecular weight excluding hydrogens is 348 g/mol. The molecule has 0 N–H and O–H groups in total. The van der Waals surface area contributed by atoms with Gasteiger partial charge in [-0.05, 0) is 50.0 Å². The van der Waals surface area contributed by atoms with Crippen molar-refractivity contribution in [2.45, 2.75) is 26.7 Å². The van der Waals surface area contributed by atoms with Crippen molar-refractivity contribution in [3.8, 4) is 5.88 Å². The van der Waals surface area contributed by atoms with E-state index in [9.17, 15) is 0 Å². The molecule has 2 aromatic rings. The summed E-state index contributed by atoms with van der Waals surface area (Å²) in [5, 5.41) is 9.58. The van der Waals surface area contributed by atoms with Gasteiger partial charge in [-0.25, -0.2) is 0 Å². The summed E-state index contributed by atoms with van der Waals surface area (Å²) in [7, 11) is 1.61. The smallest absolute Gasteiger partial charge is 0.215 e. The van der Waals surface area contributed by atoms with E-state index >= 15 is 0 Å². The zero-order valence-electron chi connectivity index (χ0n) is 15.0. The van der Waals surface area contributed by atoms with E-state index in [0.717, 1.165) is 29.9 Å². The van der Waals surface area contributed by atoms with Crippen LogP contribution in [0.3, 0.4) is 0 Å².